The summed E-state index contributed by atoms with van der Waals surface area (Å²) in [7, 11) is -1.95. The Labute approximate surface area is 140 Å². The summed E-state index contributed by atoms with van der Waals surface area (Å²) in [6.45, 7) is 5.61. The van der Waals surface area contributed by atoms with Gasteiger partial charge in [-0.05, 0) is 38.0 Å². The molecule has 3 aromatic rings. The Morgan fingerprint density at radius 1 is 1.00 bits per heavy atom. The Morgan fingerprint density at radius 3 is 2.25 bits per heavy atom. The van der Waals surface area contributed by atoms with Crippen molar-refractivity contribution in [2.24, 2.45) is 7.05 Å². The molecule has 1 heterocycles. The topological polar surface area (TPSA) is 69.3 Å². The molecule has 0 saturated heterocycles. The minimum absolute atomic E-state index is 0.0844. The second-order valence-electron chi connectivity index (χ2n) is 6.27. The molecule has 0 saturated carbocycles. The lowest BCUT2D eigenvalue weighted by molar-refractivity contribution is 0.527. The first-order chi connectivity index (χ1) is 11.2. The average molecular weight is 345 g/mol. The van der Waals surface area contributed by atoms with Gasteiger partial charge in [0.25, 0.3) is 0 Å². The lowest BCUT2D eigenvalue weighted by Gasteiger charge is -2.09. The molecule has 3 rings (SSSR count). The van der Waals surface area contributed by atoms with Crippen molar-refractivity contribution in [1.82, 2.24) is 4.57 Å². The summed E-state index contributed by atoms with van der Waals surface area (Å²) in [5.74, 6) is -0.591. The molecule has 5 nitrogen and oxygen atoms in total. The highest BCUT2D eigenvalue weighted by atomic mass is 32.2. The van der Waals surface area contributed by atoms with Gasteiger partial charge in [0.2, 0.25) is 0 Å². The zero-order valence-electron chi connectivity index (χ0n) is 14.1. The smallest absolute Gasteiger partial charge is 0.408 e. The molecular weight excluding hydrogens is 326 g/mol. The Kier molecular flexibility index (Phi) is 3.87. The molecule has 0 atom stereocenters. The van der Waals surface area contributed by atoms with E-state index in [-0.39, 0.29) is 16.2 Å². The molecule has 0 spiro atoms. The molecule has 0 amide bonds. The normalized spacial score (nSPS) is 12.0. The van der Waals surface area contributed by atoms with E-state index in [1.807, 2.05) is 32.0 Å². The van der Waals surface area contributed by atoms with E-state index in [1.165, 1.54) is 10.6 Å². The molecule has 2 aromatic carbocycles. The SMILES string of the molecule is Cc1cc(C)cc(CS(=O)(=O)c2cc3oc(=O)n(C)c3cc2C)c1. The number of rotatable bonds is 3. The van der Waals surface area contributed by atoms with Gasteiger partial charge in [-0.1, -0.05) is 29.3 Å². The summed E-state index contributed by atoms with van der Waals surface area (Å²) in [6, 6.07) is 8.88. The fourth-order valence-corrected chi connectivity index (χ4v) is 4.64. The first kappa shape index (κ1) is 16.5. The minimum atomic E-state index is -3.54. The van der Waals surface area contributed by atoms with Gasteiger partial charge in [-0.3, -0.25) is 4.57 Å². The summed E-state index contributed by atoms with van der Waals surface area (Å²) >= 11 is 0. The fourth-order valence-electron chi connectivity index (χ4n) is 3.04. The van der Waals surface area contributed by atoms with E-state index in [9.17, 15) is 13.2 Å². The van der Waals surface area contributed by atoms with Crippen LogP contribution in [0.4, 0.5) is 0 Å². The van der Waals surface area contributed by atoms with Crippen LogP contribution in [0.1, 0.15) is 22.3 Å². The Bertz CT molecular complexity index is 1080. The second kappa shape index (κ2) is 5.63. The van der Waals surface area contributed by atoms with Crippen molar-refractivity contribution in [3.05, 3.63) is 63.1 Å². The van der Waals surface area contributed by atoms with E-state index < -0.39 is 15.6 Å². The van der Waals surface area contributed by atoms with Crippen molar-refractivity contribution in [3.8, 4) is 0 Å². The van der Waals surface area contributed by atoms with Gasteiger partial charge in [0.1, 0.15) is 0 Å². The number of benzene rings is 2. The lowest BCUT2D eigenvalue weighted by Crippen LogP contribution is -2.09. The van der Waals surface area contributed by atoms with Gasteiger partial charge in [-0.25, -0.2) is 13.2 Å². The molecule has 0 fully saturated rings. The molecule has 24 heavy (non-hydrogen) atoms. The molecule has 0 bridgehead atoms. The van der Waals surface area contributed by atoms with E-state index in [0.717, 1.165) is 16.7 Å². The van der Waals surface area contributed by atoms with Gasteiger partial charge in [-0.2, -0.15) is 0 Å². The first-order valence-corrected chi connectivity index (χ1v) is 9.23. The molecule has 0 unspecified atom stereocenters. The van der Waals surface area contributed by atoms with E-state index >= 15 is 0 Å². The maximum Gasteiger partial charge on any atom is 0.419 e. The van der Waals surface area contributed by atoms with Crippen molar-refractivity contribution in [1.29, 1.82) is 0 Å². The molecular formula is C18H19NO4S. The first-order valence-electron chi connectivity index (χ1n) is 7.57. The van der Waals surface area contributed by atoms with Gasteiger partial charge < -0.3 is 4.42 Å². The fraction of sp³-hybridized carbons (Fsp3) is 0.278. The highest BCUT2D eigenvalue weighted by molar-refractivity contribution is 7.90. The number of hydrogen-bond acceptors (Lipinski definition) is 4. The minimum Gasteiger partial charge on any atom is -0.408 e. The van der Waals surface area contributed by atoms with Crippen LogP contribution in [-0.2, 0) is 22.6 Å². The molecule has 0 radical (unpaired) electrons. The van der Waals surface area contributed by atoms with Crippen molar-refractivity contribution in [2.75, 3.05) is 0 Å². The average Bonchev–Trinajstić information content (AvgIpc) is 2.71. The number of hydrogen-bond donors (Lipinski definition) is 0. The van der Waals surface area contributed by atoms with Crippen LogP contribution in [0.25, 0.3) is 11.1 Å². The molecule has 0 aliphatic carbocycles. The van der Waals surface area contributed by atoms with Crippen LogP contribution in [0.3, 0.4) is 0 Å². The molecule has 0 aliphatic rings. The largest absolute Gasteiger partial charge is 0.419 e. The molecule has 1 aromatic heterocycles. The third-order valence-corrected chi connectivity index (χ3v) is 5.89. The maximum absolute atomic E-state index is 12.9. The summed E-state index contributed by atoms with van der Waals surface area (Å²) in [6.07, 6.45) is 0. The Hall–Kier alpha value is -2.34. The van der Waals surface area contributed by atoms with Gasteiger partial charge in [0.15, 0.2) is 15.4 Å². The number of oxazole rings is 1. The van der Waals surface area contributed by atoms with E-state index in [1.54, 1.807) is 20.0 Å². The zero-order valence-corrected chi connectivity index (χ0v) is 14.9. The van der Waals surface area contributed by atoms with Gasteiger partial charge in [0.05, 0.1) is 16.2 Å². The van der Waals surface area contributed by atoms with E-state index in [4.69, 9.17) is 4.42 Å². The van der Waals surface area contributed by atoms with Crippen LogP contribution in [-0.4, -0.2) is 13.0 Å². The summed E-state index contributed by atoms with van der Waals surface area (Å²) < 4.78 is 32.2. The standard InChI is InChI=1S/C18H19NO4S/c1-11-5-12(2)7-14(6-11)10-24(21,22)17-9-16-15(8-13(17)3)19(4)18(20)23-16/h5-9H,10H2,1-4H3. The summed E-state index contributed by atoms with van der Waals surface area (Å²) in [5.41, 5.74) is 4.28. The van der Waals surface area contributed by atoms with Crippen LogP contribution in [0.2, 0.25) is 0 Å². The van der Waals surface area contributed by atoms with Crippen LogP contribution in [0.15, 0.2) is 44.4 Å². The van der Waals surface area contributed by atoms with Crippen molar-refractivity contribution in [3.63, 3.8) is 0 Å². The van der Waals surface area contributed by atoms with Crippen LogP contribution < -0.4 is 5.76 Å². The number of nitrogens with zero attached hydrogens (tertiary/aromatic N) is 1. The van der Waals surface area contributed by atoms with Gasteiger partial charge in [0, 0.05) is 13.1 Å². The number of aryl methyl sites for hydroxylation is 4. The van der Waals surface area contributed by atoms with E-state index in [2.05, 4.69) is 0 Å². The van der Waals surface area contributed by atoms with Crippen molar-refractivity contribution in [2.45, 2.75) is 31.4 Å². The van der Waals surface area contributed by atoms with Crippen LogP contribution in [0, 0.1) is 20.8 Å². The zero-order chi connectivity index (χ0) is 17.6. The summed E-state index contributed by atoms with van der Waals surface area (Å²) in [4.78, 5) is 11.8. The maximum atomic E-state index is 12.9. The quantitative estimate of drug-likeness (QED) is 0.732. The van der Waals surface area contributed by atoms with Crippen molar-refractivity contribution >= 4 is 20.9 Å². The van der Waals surface area contributed by atoms with Gasteiger partial charge >= 0.3 is 5.76 Å². The lowest BCUT2D eigenvalue weighted by atomic mass is 10.1. The number of aromatic nitrogens is 1. The predicted octanol–water partition coefficient (Wildman–Crippen LogP) is 3.03. The number of fused-ring (bicyclic) bond motifs is 1. The summed E-state index contributed by atoms with van der Waals surface area (Å²) in [5, 5.41) is 0. The van der Waals surface area contributed by atoms with Crippen LogP contribution >= 0.6 is 0 Å². The third kappa shape index (κ3) is 2.89. The molecule has 0 aliphatic heterocycles. The molecule has 6 heteroatoms. The Morgan fingerprint density at radius 2 is 1.62 bits per heavy atom. The highest BCUT2D eigenvalue weighted by Gasteiger charge is 2.21. The van der Waals surface area contributed by atoms with Gasteiger partial charge in [-0.15, -0.1) is 0 Å². The predicted molar refractivity (Wildman–Crippen MR) is 93.0 cm³/mol. The highest BCUT2D eigenvalue weighted by Crippen LogP contribution is 2.26. The number of sulfone groups is 1. The van der Waals surface area contributed by atoms with Crippen LogP contribution in [0.5, 0.6) is 0 Å². The van der Waals surface area contributed by atoms with E-state index in [0.29, 0.717) is 11.1 Å². The van der Waals surface area contributed by atoms with Crippen molar-refractivity contribution < 1.29 is 12.8 Å². The molecule has 126 valence electrons. The molecule has 0 N–H and O–H groups in total. The Balaban J connectivity index is 2.11. The second-order valence-corrected chi connectivity index (χ2v) is 8.23. The monoisotopic (exact) mass is 345 g/mol. The third-order valence-electron chi connectivity index (χ3n) is 4.06.